The molecule has 0 amide bonds. The van der Waals surface area contributed by atoms with Gasteiger partial charge in [-0.1, -0.05) is 23.7 Å². The second kappa shape index (κ2) is 7.12. The fourth-order valence-electron chi connectivity index (χ4n) is 3.05. The van der Waals surface area contributed by atoms with Crippen LogP contribution in [0.15, 0.2) is 58.7 Å². The Bertz CT molecular complexity index is 1200. The highest BCUT2D eigenvalue weighted by Crippen LogP contribution is 2.34. The Balaban J connectivity index is 1.91. The van der Waals surface area contributed by atoms with Crippen LogP contribution in [-0.4, -0.2) is 9.55 Å². The van der Waals surface area contributed by atoms with Crippen LogP contribution >= 0.6 is 34.5 Å². The third-order valence-corrected chi connectivity index (χ3v) is 6.34. The van der Waals surface area contributed by atoms with Gasteiger partial charge in [-0.3, -0.25) is 4.79 Å². The van der Waals surface area contributed by atoms with Crippen molar-refractivity contribution >= 4 is 45.6 Å². The van der Waals surface area contributed by atoms with Crippen LogP contribution < -0.4 is 5.56 Å². The van der Waals surface area contributed by atoms with Crippen LogP contribution in [-0.2, 0) is 7.05 Å². The van der Waals surface area contributed by atoms with E-state index in [0.29, 0.717) is 5.02 Å². The average Bonchev–Trinajstić information content (AvgIpc) is 3.10. The smallest absolute Gasteiger partial charge is 0.251 e. The molecule has 136 valence electrons. The fourth-order valence-corrected chi connectivity index (χ4v) is 4.36. The number of thiophene rings is 1. The molecule has 0 saturated heterocycles. The molecule has 3 aromatic heterocycles. The van der Waals surface area contributed by atoms with Crippen molar-refractivity contribution in [3.63, 3.8) is 0 Å². The van der Waals surface area contributed by atoms with Crippen molar-refractivity contribution in [3.05, 3.63) is 86.1 Å². The van der Waals surface area contributed by atoms with Crippen molar-refractivity contribution in [2.24, 2.45) is 7.05 Å². The average molecular weight is 415 g/mol. The summed E-state index contributed by atoms with van der Waals surface area (Å²) in [7, 11) is 1.76. The van der Waals surface area contributed by atoms with Gasteiger partial charge in [0.15, 0.2) is 0 Å². The Hall–Kier alpha value is -2.14. The highest BCUT2D eigenvalue weighted by atomic mass is 35.5. The molecular formula is C21H16Cl2N2OS. The van der Waals surface area contributed by atoms with Crippen molar-refractivity contribution in [2.45, 2.75) is 12.3 Å². The lowest BCUT2D eigenvalue weighted by atomic mass is 10.1. The minimum Gasteiger partial charge on any atom is -0.310 e. The number of alkyl halides is 1. The molecule has 0 saturated carbocycles. The highest BCUT2D eigenvalue weighted by molar-refractivity contribution is 7.13. The van der Waals surface area contributed by atoms with Gasteiger partial charge in [0.05, 0.1) is 16.7 Å². The van der Waals surface area contributed by atoms with E-state index < -0.39 is 5.38 Å². The molecule has 27 heavy (non-hydrogen) atoms. The van der Waals surface area contributed by atoms with E-state index in [0.717, 1.165) is 38.3 Å². The molecule has 0 radical (unpaired) electrons. The van der Waals surface area contributed by atoms with Crippen LogP contribution in [0, 0.1) is 6.92 Å². The first-order valence-corrected chi connectivity index (χ1v) is 10.1. The first-order chi connectivity index (χ1) is 12.9. The van der Waals surface area contributed by atoms with E-state index in [9.17, 15) is 4.79 Å². The number of aromatic nitrogens is 2. The molecule has 0 N–H and O–H groups in total. The summed E-state index contributed by atoms with van der Waals surface area (Å²) in [5.41, 5.74) is 5.16. The Morgan fingerprint density at radius 1 is 1.11 bits per heavy atom. The number of aryl methyl sites for hydroxylation is 2. The summed E-state index contributed by atoms with van der Waals surface area (Å²) in [6.07, 6.45) is 0. The Morgan fingerprint density at radius 3 is 2.52 bits per heavy atom. The highest BCUT2D eigenvalue weighted by Gasteiger charge is 2.17. The molecule has 1 aromatic carbocycles. The maximum atomic E-state index is 12.4. The topological polar surface area (TPSA) is 34.9 Å². The second-order valence-corrected chi connectivity index (χ2v) is 8.25. The van der Waals surface area contributed by atoms with E-state index in [4.69, 9.17) is 28.2 Å². The Morgan fingerprint density at radius 2 is 1.85 bits per heavy atom. The number of hydrogen-bond donors (Lipinski definition) is 0. The van der Waals surface area contributed by atoms with Gasteiger partial charge in [-0.05, 0) is 53.8 Å². The number of rotatable bonds is 3. The molecule has 0 bridgehead atoms. The van der Waals surface area contributed by atoms with Gasteiger partial charge < -0.3 is 4.57 Å². The van der Waals surface area contributed by atoms with Crippen molar-refractivity contribution in [1.82, 2.24) is 9.55 Å². The standard InChI is InChI=1S/C21H16Cl2N2OS/c1-12-9-18(27-11-12)15-10-19(26)25(2)17-8-7-16(24-21(15)17)20(23)13-3-5-14(22)6-4-13/h3-11,20H,1-2H3. The lowest BCUT2D eigenvalue weighted by Crippen LogP contribution is -2.17. The number of hydrogen-bond acceptors (Lipinski definition) is 3. The number of fused-ring (bicyclic) bond motifs is 1. The van der Waals surface area contributed by atoms with E-state index in [1.807, 2.05) is 43.3 Å². The summed E-state index contributed by atoms with van der Waals surface area (Å²) < 4.78 is 1.61. The number of pyridine rings is 2. The van der Waals surface area contributed by atoms with Crippen LogP contribution in [0.5, 0.6) is 0 Å². The first kappa shape index (κ1) is 18.2. The largest absolute Gasteiger partial charge is 0.310 e. The molecule has 4 aromatic rings. The number of nitrogens with zero attached hydrogens (tertiary/aromatic N) is 2. The van der Waals surface area contributed by atoms with Gasteiger partial charge in [-0.2, -0.15) is 0 Å². The van der Waals surface area contributed by atoms with Crippen LogP contribution in [0.4, 0.5) is 0 Å². The number of benzene rings is 1. The van der Waals surface area contributed by atoms with Crippen LogP contribution in [0.3, 0.4) is 0 Å². The quantitative estimate of drug-likeness (QED) is 0.388. The fraction of sp³-hybridized carbons (Fsp3) is 0.143. The molecule has 4 rings (SSSR count). The molecule has 0 aliphatic rings. The summed E-state index contributed by atoms with van der Waals surface area (Å²) in [5, 5.41) is 2.34. The van der Waals surface area contributed by atoms with Gasteiger partial charge in [0, 0.05) is 28.6 Å². The van der Waals surface area contributed by atoms with Crippen molar-refractivity contribution in [1.29, 1.82) is 0 Å². The minimum atomic E-state index is -0.401. The van der Waals surface area contributed by atoms with Gasteiger partial charge in [0.1, 0.15) is 5.38 Å². The van der Waals surface area contributed by atoms with Gasteiger partial charge in [0.25, 0.3) is 5.56 Å². The summed E-state index contributed by atoms with van der Waals surface area (Å²) >= 11 is 14.3. The normalized spacial score (nSPS) is 12.4. The van der Waals surface area contributed by atoms with Gasteiger partial charge in [0.2, 0.25) is 0 Å². The van der Waals surface area contributed by atoms with E-state index in [-0.39, 0.29) is 5.56 Å². The Labute approximate surface area is 170 Å². The zero-order chi connectivity index (χ0) is 19.1. The lowest BCUT2D eigenvalue weighted by molar-refractivity contribution is 0.901. The second-order valence-electron chi connectivity index (χ2n) is 6.46. The van der Waals surface area contributed by atoms with E-state index >= 15 is 0 Å². The first-order valence-electron chi connectivity index (χ1n) is 8.40. The maximum Gasteiger partial charge on any atom is 0.251 e. The van der Waals surface area contributed by atoms with Crippen LogP contribution in [0.1, 0.15) is 22.2 Å². The lowest BCUT2D eigenvalue weighted by Gasteiger charge is -2.13. The SMILES string of the molecule is Cc1csc(-c2cc(=O)n(C)c3ccc(C(Cl)c4ccc(Cl)cc4)nc23)c1. The van der Waals surface area contributed by atoms with Crippen LogP contribution in [0.25, 0.3) is 21.5 Å². The van der Waals surface area contributed by atoms with Gasteiger partial charge in [-0.15, -0.1) is 22.9 Å². The van der Waals surface area contributed by atoms with E-state index in [2.05, 4.69) is 11.4 Å². The molecule has 6 heteroatoms. The van der Waals surface area contributed by atoms with E-state index in [1.165, 1.54) is 0 Å². The molecule has 1 unspecified atom stereocenters. The van der Waals surface area contributed by atoms with Crippen molar-refractivity contribution < 1.29 is 0 Å². The molecule has 0 aliphatic heterocycles. The Kier molecular flexibility index (Phi) is 4.81. The predicted octanol–water partition coefficient (Wildman–Crippen LogP) is 5.95. The third-order valence-electron chi connectivity index (χ3n) is 4.53. The summed E-state index contributed by atoms with van der Waals surface area (Å²) in [6.45, 7) is 2.04. The minimum absolute atomic E-state index is 0.0572. The van der Waals surface area contributed by atoms with Crippen molar-refractivity contribution in [2.75, 3.05) is 0 Å². The molecule has 3 nitrogen and oxygen atoms in total. The molecule has 1 atom stereocenters. The summed E-state index contributed by atoms with van der Waals surface area (Å²) in [4.78, 5) is 18.3. The van der Waals surface area contributed by atoms with Gasteiger partial charge >= 0.3 is 0 Å². The molecule has 0 spiro atoms. The molecular weight excluding hydrogens is 399 g/mol. The molecule has 0 fully saturated rings. The molecule has 0 aliphatic carbocycles. The van der Waals surface area contributed by atoms with Crippen molar-refractivity contribution in [3.8, 4) is 10.4 Å². The predicted molar refractivity (Wildman–Crippen MR) is 114 cm³/mol. The zero-order valence-electron chi connectivity index (χ0n) is 14.7. The summed E-state index contributed by atoms with van der Waals surface area (Å²) in [6, 6.07) is 14.9. The monoisotopic (exact) mass is 414 g/mol. The zero-order valence-corrected chi connectivity index (χ0v) is 17.1. The van der Waals surface area contributed by atoms with Crippen LogP contribution in [0.2, 0.25) is 5.02 Å². The number of halogens is 2. The van der Waals surface area contributed by atoms with Gasteiger partial charge in [-0.25, -0.2) is 4.98 Å². The summed E-state index contributed by atoms with van der Waals surface area (Å²) in [5.74, 6) is 0. The third kappa shape index (κ3) is 3.41. The maximum absolute atomic E-state index is 12.4. The van der Waals surface area contributed by atoms with E-state index in [1.54, 1.807) is 29.0 Å². The molecule has 3 heterocycles.